The van der Waals surface area contributed by atoms with Gasteiger partial charge in [-0.3, -0.25) is 0 Å². The molecule has 4 rings (SSSR count). The quantitative estimate of drug-likeness (QED) is 0.804. The average Bonchev–Trinajstić information content (AvgIpc) is 3.05. The number of aromatic nitrogens is 2. The van der Waals surface area contributed by atoms with Gasteiger partial charge in [0.05, 0.1) is 5.52 Å². The Morgan fingerprint density at radius 3 is 2.83 bits per heavy atom. The van der Waals surface area contributed by atoms with Crippen LogP contribution in [0.1, 0.15) is 6.42 Å². The number of anilines is 2. The van der Waals surface area contributed by atoms with Crippen molar-refractivity contribution in [3.63, 3.8) is 0 Å². The van der Waals surface area contributed by atoms with Gasteiger partial charge in [0, 0.05) is 30.2 Å². The van der Waals surface area contributed by atoms with Crippen molar-refractivity contribution in [2.75, 3.05) is 23.3 Å². The van der Waals surface area contributed by atoms with Gasteiger partial charge in [-0.25, -0.2) is 14.4 Å². The summed E-state index contributed by atoms with van der Waals surface area (Å²) in [4.78, 5) is 10.8. The highest BCUT2D eigenvalue weighted by atomic mass is 19.1. The summed E-state index contributed by atoms with van der Waals surface area (Å²) in [5.74, 6) is 0.432. The van der Waals surface area contributed by atoms with E-state index in [1.807, 2.05) is 6.07 Å². The van der Waals surface area contributed by atoms with Crippen molar-refractivity contribution >= 4 is 22.4 Å². The van der Waals surface area contributed by atoms with Gasteiger partial charge in [-0.05, 0) is 36.8 Å². The lowest BCUT2D eigenvalue weighted by Gasteiger charge is -2.19. The van der Waals surface area contributed by atoms with Gasteiger partial charge in [-0.1, -0.05) is 18.2 Å². The Morgan fingerprint density at radius 1 is 1.09 bits per heavy atom. The van der Waals surface area contributed by atoms with Crippen LogP contribution in [0.15, 0.2) is 54.9 Å². The minimum Gasteiger partial charge on any atom is -0.369 e. The smallest absolute Gasteiger partial charge is 0.137 e. The van der Waals surface area contributed by atoms with Crippen molar-refractivity contribution in [1.82, 2.24) is 9.97 Å². The number of fused-ring (bicyclic) bond motifs is 1. The molecule has 1 unspecified atom stereocenters. The Balaban J connectivity index is 1.54. The average molecular weight is 308 g/mol. The third-order valence-corrected chi connectivity index (χ3v) is 4.25. The molecule has 1 N–H and O–H groups in total. The molecule has 0 bridgehead atoms. The van der Waals surface area contributed by atoms with E-state index in [0.29, 0.717) is 5.82 Å². The van der Waals surface area contributed by atoms with E-state index < -0.39 is 0 Å². The maximum absolute atomic E-state index is 13.5. The normalized spacial score (nSPS) is 17.6. The molecule has 1 aromatic heterocycles. The monoisotopic (exact) mass is 308 g/mol. The van der Waals surface area contributed by atoms with Gasteiger partial charge in [0.15, 0.2) is 0 Å². The van der Waals surface area contributed by atoms with Crippen LogP contribution >= 0.6 is 0 Å². The summed E-state index contributed by atoms with van der Waals surface area (Å²) in [7, 11) is 0. The van der Waals surface area contributed by atoms with Crippen molar-refractivity contribution < 1.29 is 4.39 Å². The summed E-state index contributed by atoms with van der Waals surface area (Å²) in [6.07, 6.45) is 2.54. The summed E-state index contributed by atoms with van der Waals surface area (Å²) < 4.78 is 13.5. The molecule has 3 aromatic rings. The van der Waals surface area contributed by atoms with Crippen LogP contribution in [0, 0.1) is 5.82 Å². The first kappa shape index (κ1) is 13.9. The summed E-state index contributed by atoms with van der Waals surface area (Å²) in [6, 6.07) is 15.3. The van der Waals surface area contributed by atoms with E-state index in [1.54, 1.807) is 6.07 Å². The van der Waals surface area contributed by atoms with Crippen molar-refractivity contribution in [2.24, 2.45) is 0 Å². The second-order valence-corrected chi connectivity index (χ2v) is 5.80. The van der Waals surface area contributed by atoms with Crippen LogP contribution in [0.2, 0.25) is 0 Å². The molecule has 0 amide bonds. The van der Waals surface area contributed by atoms with Crippen LogP contribution in [0.5, 0.6) is 0 Å². The standard InChI is InChI=1S/C18H17FN4/c19-13-6-7-17-16(10-13)18(21-12-20-17)22-14-8-9-23(11-14)15-4-2-1-3-5-15/h1-7,10,12,14H,8-9,11H2,(H,20,21,22). The largest absolute Gasteiger partial charge is 0.369 e. The first-order chi connectivity index (χ1) is 11.3. The van der Waals surface area contributed by atoms with Gasteiger partial charge >= 0.3 is 0 Å². The fourth-order valence-corrected chi connectivity index (χ4v) is 3.09. The molecule has 0 spiro atoms. The van der Waals surface area contributed by atoms with Crippen molar-refractivity contribution in [2.45, 2.75) is 12.5 Å². The number of nitrogens with zero attached hydrogens (tertiary/aromatic N) is 3. The van der Waals surface area contributed by atoms with Gasteiger partial charge in [0.2, 0.25) is 0 Å². The van der Waals surface area contributed by atoms with Gasteiger partial charge in [0.25, 0.3) is 0 Å². The molecule has 1 aliphatic rings. The lowest BCUT2D eigenvalue weighted by Crippen LogP contribution is -2.26. The molecule has 0 saturated carbocycles. The summed E-state index contributed by atoms with van der Waals surface area (Å²) in [6.45, 7) is 1.91. The number of hydrogen-bond acceptors (Lipinski definition) is 4. The molecule has 2 aromatic carbocycles. The predicted molar refractivity (Wildman–Crippen MR) is 90.2 cm³/mol. The number of halogens is 1. The Bertz CT molecular complexity index is 822. The fourth-order valence-electron chi connectivity index (χ4n) is 3.09. The predicted octanol–water partition coefficient (Wildman–Crippen LogP) is 3.46. The molecule has 2 heterocycles. The van der Waals surface area contributed by atoms with E-state index in [9.17, 15) is 4.39 Å². The summed E-state index contributed by atoms with van der Waals surface area (Å²) in [5, 5.41) is 4.18. The minimum absolute atomic E-state index is 0.271. The van der Waals surface area contributed by atoms with E-state index in [1.165, 1.54) is 24.1 Å². The zero-order valence-corrected chi connectivity index (χ0v) is 12.6. The van der Waals surface area contributed by atoms with Crippen LogP contribution in [0.4, 0.5) is 15.9 Å². The zero-order valence-electron chi connectivity index (χ0n) is 12.6. The molecule has 5 heteroatoms. The van der Waals surface area contributed by atoms with E-state index >= 15 is 0 Å². The fraction of sp³-hybridized carbons (Fsp3) is 0.222. The number of para-hydroxylation sites is 1. The maximum Gasteiger partial charge on any atom is 0.137 e. The zero-order chi connectivity index (χ0) is 15.6. The highest BCUT2D eigenvalue weighted by Gasteiger charge is 2.23. The first-order valence-corrected chi connectivity index (χ1v) is 7.76. The molecular weight excluding hydrogens is 291 g/mol. The molecular formula is C18H17FN4. The van der Waals surface area contributed by atoms with Crippen LogP contribution < -0.4 is 10.2 Å². The Hall–Kier alpha value is -2.69. The van der Waals surface area contributed by atoms with Crippen LogP contribution in [-0.4, -0.2) is 29.1 Å². The van der Waals surface area contributed by atoms with Crippen LogP contribution in [0.3, 0.4) is 0 Å². The summed E-state index contributed by atoms with van der Waals surface area (Å²) in [5.41, 5.74) is 1.98. The van der Waals surface area contributed by atoms with E-state index in [4.69, 9.17) is 0 Å². The summed E-state index contributed by atoms with van der Waals surface area (Å²) >= 11 is 0. The van der Waals surface area contributed by atoms with Crippen molar-refractivity contribution in [3.8, 4) is 0 Å². The topological polar surface area (TPSA) is 41.1 Å². The first-order valence-electron chi connectivity index (χ1n) is 7.76. The highest BCUT2D eigenvalue weighted by Crippen LogP contribution is 2.25. The van der Waals surface area contributed by atoms with Gasteiger partial charge < -0.3 is 10.2 Å². The molecule has 116 valence electrons. The van der Waals surface area contributed by atoms with Crippen molar-refractivity contribution in [1.29, 1.82) is 0 Å². The Labute approximate surface area is 134 Å². The van der Waals surface area contributed by atoms with Crippen molar-refractivity contribution in [3.05, 3.63) is 60.7 Å². The van der Waals surface area contributed by atoms with E-state index in [0.717, 1.165) is 30.4 Å². The van der Waals surface area contributed by atoms with E-state index in [2.05, 4.69) is 44.5 Å². The maximum atomic E-state index is 13.5. The lowest BCUT2D eigenvalue weighted by atomic mass is 10.2. The minimum atomic E-state index is -0.271. The number of rotatable bonds is 3. The third kappa shape index (κ3) is 2.82. The highest BCUT2D eigenvalue weighted by molar-refractivity contribution is 5.88. The van der Waals surface area contributed by atoms with Gasteiger partial charge in [0.1, 0.15) is 18.0 Å². The molecule has 1 fully saturated rings. The number of benzene rings is 2. The molecule has 1 saturated heterocycles. The molecule has 4 nitrogen and oxygen atoms in total. The number of nitrogens with one attached hydrogen (secondary N) is 1. The third-order valence-electron chi connectivity index (χ3n) is 4.25. The van der Waals surface area contributed by atoms with Crippen LogP contribution in [0.25, 0.3) is 10.9 Å². The molecule has 23 heavy (non-hydrogen) atoms. The molecule has 0 radical (unpaired) electrons. The second kappa shape index (κ2) is 5.83. The lowest BCUT2D eigenvalue weighted by molar-refractivity contribution is 0.629. The molecule has 1 aliphatic heterocycles. The molecule has 0 aliphatic carbocycles. The van der Waals surface area contributed by atoms with Gasteiger partial charge in [-0.2, -0.15) is 0 Å². The van der Waals surface area contributed by atoms with E-state index in [-0.39, 0.29) is 11.9 Å². The van der Waals surface area contributed by atoms with Crippen LogP contribution in [-0.2, 0) is 0 Å². The Kier molecular flexibility index (Phi) is 3.54. The van der Waals surface area contributed by atoms with Gasteiger partial charge in [-0.15, -0.1) is 0 Å². The number of hydrogen-bond donors (Lipinski definition) is 1. The Morgan fingerprint density at radius 2 is 1.96 bits per heavy atom. The second-order valence-electron chi connectivity index (χ2n) is 5.80. The SMILES string of the molecule is Fc1ccc2ncnc(NC3CCN(c4ccccc4)C3)c2c1. The molecule has 1 atom stereocenters.